The van der Waals surface area contributed by atoms with Gasteiger partial charge in [0.1, 0.15) is 12.4 Å². The third-order valence-electron chi connectivity index (χ3n) is 3.07. The molecule has 18 heavy (non-hydrogen) atoms. The zero-order valence-electron chi connectivity index (χ0n) is 10.4. The highest BCUT2D eigenvalue weighted by molar-refractivity contribution is 6.30. The van der Waals surface area contributed by atoms with Crippen LogP contribution in [0.15, 0.2) is 24.3 Å². The lowest BCUT2D eigenvalue weighted by Crippen LogP contribution is -2.45. The second-order valence-electron chi connectivity index (χ2n) is 4.69. The van der Waals surface area contributed by atoms with Gasteiger partial charge in [-0.3, -0.25) is 4.79 Å². The molecule has 0 radical (unpaired) electrons. The van der Waals surface area contributed by atoms with Gasteiger partial charge in [-0.1, -0.05) is 11.6 Å². The first-order valence-electron chi connectivity index (χ1n) is 5.94. The predicted molar refractivity (Wildman–Crippen MR) is 70.7 cm³/mol. The van der Waals surface area contributed by atoms with Crippen molar-refractivity contribution in [1.29, 1.82) is 0 Å². The molecule has 0 heterocycles. The van der Waals surface area contributed by atoms with Crippen LogP contribution in [0.3, 0.4) is 0 Å². The number of nitrogens with two attached hydrogens (primary N) is 1. The normalized spacial score (nSPS) is 16.2. The van der Waals surface area contributed by atoms with E-state index in [1.165, 1.54) is 0 Å². The van der Waals surface area contributed by atoms with Crippen molar-refractivity contribution in [2.75, 3.05) is 20.2 Å². The highest BCUT2D eigenvalue weighted by atomic mass is 35.5. The maximum absolute atomic E-state index is 11.8. The van der Waals surface area contributed by atoms with Gasteiger partial charge < -0.3 is 15.4 Å². The summed E-state index contributed by atoms with van der Waals surface area (Å²) in [5.41, 5.74) is 5.24. The summed E-state index contributed by atoms with van der Waals surface area (Å²) in [6, 6.07) is 7.14. The first-order chi connectivity index (χ1) is 8.51. The zero-order chi connectivity index (χ0) is 13.2. The Kier molecular flexibility index (Phi) is 3.78. The van der Waals surface area contributed by atoms with Crippen LogP contribution in [-0.2, 0) is 4.79 Å². The minimum atomic E-state index is -0.602. The van der Waals surface area contributed by atoms with Crippen molar-refractivity contribution < 1.29 is 9.53 Å². The molecule has 5 heteroatoms. The van der Waals surface area contributed by atoms with Crippen molar-refractivity contribution in [1.82, 2.24) is 4.90 Å². The monoisotopic (exact) mass is 268 g/mol. The van der Waals surface area contributed by atoms with Crippen LogP contribution in [0.25, 0.3) is 0 Å². The van der Waals surface area contributed by atoms with E-state index in [0.29, 0.717) is 18.2 Å². The third kappa shape index (κ3) is 3.15. The summed E-state index contributed by atoms with van der Waals surface area (Å²) >= 11 is 5.77. The topological polar surface area (TPSA) is 55.6 Å². The van der Waals surface area contributed by atoms with Crippen molar-refractivity contribution in [3.8, 4) is 5.75 Å². The fourth-order valence-corrected chi connectivity index (χ4v) is 1.79. The zero-order valence-corrected chi connectivity index (χ0v) is 11.1. The lowest BCUT2D eigenvalue weighted by atomic mass is 10.2. The molecule has 1 fully saturated rings. The Morgan fingerprint density at radius 3 is 2.61 bits per heavy atom. The van der Waals surface area contributed by atoms with Gasteiger partial charge in [0.2, 0.25) is 5.91 Å². The Morgan fingerprint density at radius 2 is 2.06 bits per heavy atom. The molecule has 1 aromatic rings. The summed E-state index contributed by atoms with van der Waals surface area (Å²) in [7, 11) is 1.75. The molecular formula is C13H17ClN2O2. The molecule has 0 unspecified atom stereocenters. The van der Waals surface area contributed by atoms with Crippen molar-refractivity contribution >= 4 is 17.5 Å². The molecule has 0 bridgehead atoms. The quantitative estimate of drug-likeness (QED) is 0.884. The van der Waals surface area contributed by atoms with E-state index in [-0.39, 0.29) is 5.91 Å². The number of carbonyl (C=O) groups excluding carboxylic acids is 1. The summed E-state index contributed by atoms with van der Waals surface area (Å²) in [5.74, 6) is 0.747. The number of hydrogen-bond donors (Lipinski definition) is 1. The SMILES string of the molecule is CN(CCOc1ccc(Cl)cc1)C(=O)C1(N)CC1. The molecule has 98 valence electrons. The highest BCUT2D eigenvalue weighted by Gasteiger charge is 2.47. The second-order valence-corrected chi connectivity index (χ2v) is 5.12. The number of halogens is 1. The molecule has 1 saturated carbocycles. The second kappa shape index (κ2) is 5.16. The van der Waals surface area contributed by atoms with Crippen LogP contribution in [0.4, 0.5) is 0 Å². The van der Waals surface area contributed by atoms with E-state index < -0.39 is 5.54 Å². The molecule has 1 amide bonds. The van der Waals surface area contributed by atoms with Gasteiger partial charge in [-0.2, -0.15) is 0 Å². The van der Waals surface area contributed by atoms with E-state index in [1.807, 2.05) is 0 Å². The van der Waals surface area contributed by atoms with Crippen LogP contribution < -0.4 is 10.5 Å². The van der Waals surface area contributed by atoms with Crippen molar-refractivity contribution in [2.24, 2.45) is 5.73 Å². The Labute approximate surface area is 112 Å². The molecule has 1 aliphatic rings. The van der Waals surface area contributed by atoms with Crippen LogP contribution >= 0.6 is 11.6 Å². The van der Waals surface area contributed by atoms with Crippen LogP contribution in [0.1, 0.15) is 12.8 Å². The lowest BCUT2D eigenvalue weighted by Gasteiger charge is -2.20. The first-order valence-corrected chi connectivity index (χ1v) is 6.32. The van der Waals surface area contributed by atoms with Crippen LogP contribution in [0.5, 0.6) is 5.75 Å². The smallest absolute Gasteiger partial charge is 0.242 e. The average Bonchev–Trinajstić information content (AvgIpc) is 3.10. The molecule has 1 aromatic carbocycles. The fourth-order valence-electron chi connectivity index (χ4n) is 1.66. The largest absolute Gasteiger partial charge is 0.492 e. The summed E-state index contributed by atoms with van der Waals surface area (Å²) < 4.78 is 5.52. The van der Waals surface area contributed by atoms with E-state index in [2.05, 4.69) is 0 Å². The predicted octanol–water partition coefficient (Wildman–Crippen LogP) is 1.67. The van der Waals surface area contributed by atoms with Gasteiger partial charge in [-0.25, -0.2) is 0 Å². The van der Waals surface area contributed by atoms with Gasteiger partial charge in [0, 0.05) is 12.1 Å². The fraction of sp³-hybridized carbons (Fsp3) is 0.462. The van der Waals surface area contributed by atoms with Crippen molar-refractivity contribution in [3.63, 3.8) is 0 Å². The van der Waals surface area contributed by atoms with Crippen molar-refractivity contribution in [3.05, 3.63) is 29.3 Å². The Hall–Kier alpha value is -1.26. The van der Waals surface area contributed by atoms with E-state index in [0.717, 1.165) is 18.6 Å². The molecule has 0 saturated heterocycles. The molecular weight excluding hydrogens is 252 g/mol. The first kappa shape index (κ1) is 13.2. The number of hydrogen-bond acceptors (Lipinski definition) is 3. The number of carbonyl (C=O) groups is 1. The highest BCUT2D eigenvalue weighted by Crippen LogP contribution is 2.33. The molecule has 2 rings (SSSR count). The number of ether oxygens (including phenoxy) is 1. The van der Waals surface area contributed by atoms with Gasteiger partial charge in [0.25, 0.3) is 0 Å². The van der Waals surface area contributed by atoms with Gasteiger partial charge in [-0.05, 0) is 37.1 Å². The lowest BCUT2D eigenvalue weighted by molar-refractivity contribution is -0.132. The van der Waals surface area contributed by atoms with Crippen molar-refractivity contribution in [2.45, 2.75) is 18.4 Å². The Bertz CT molecular complexity index is 429. The summed E-state index contributed by atoms with van der Waals surface area (Å²) in [5, 5.41) is 0.674. The van der Waals surface area contributed by atoms with Crippen LogP contribution in [0, 0.1) is 0 Å². The molecule has 0 aromatic heterocycles. The summed E-state index contributed by atoms with van der Waals surface area (Å²) in [6.07, 6.45) is 1.57. The van der Waals surface area contributed by atoms with E-state index in [9.17, 15) is 4.79 Å². The minimum absolute atomic E-state index is 0.00204. The van der Waals surface area contributed by atoms with Gasteiger partial charge in [0.15, 0.2) is 0 Å². The van der Waals surface area contributed by atoms with Gasteiger partial charge in [-0.15, -0.1) is 0 Å². The average molecular weight is 269 g/mol. The Balaban J connectivity index is 1.75. The molecule has 0 aliphatic heterocycles. The standard InChI is InChI=1S/C13H17ClN2O2/c1-16(12(17)13(15)6-7-13)8-9-18-11-4-2-10(14)3-5-11/h2-5H,6-9,15H2,1H3. The number of benzene rings is 1. The van der Waals surface area contributed by atoms with E-state index >= 15 is 0 Å². The van der Waals surface area contributed by atoms with E-state index in [4.69, 9.17) is 22.1 Å². The maximum atomic E-state index is 11.8. The molecule has 4 nitrogen and oxygen atoms in total. The minimum Gasteiger partial charge on any atom is -0.492 e. The number of rotatable bonds is 5. The van der Waals surface area contributed by atoms with E-state index in [1.54, 1.807) is 36.2 Å². The number of nitrogens with zero attached hydrogens (tertiary/aromatic N) is 1. The maximum Gasteiger partial charge on any atom is 0.242 e. The van der Waals surface area contributed by atoms with Crippen LogP contribution in [-0.4, -0.2) is 36.5 Å². The summed E-state index contributed by atoms with van der Waals surface area (Å²) in [6.45, 7) is 0.973. The van der Waals surface area contributed by atoms with Crippen LogP contribution in [0.2, 0.25) is 5.02 Å². The molecule has 2 N–H and O–H groups in total. The molecule has 1 aliphatic carbocycles. The number of likely N-dealkylation sites (N-methyl/N-ethyl adjacent to an activating group) is 1. The van der Waals surface area contributed by atoms with Gasteiger partial charge in [0.05, 0.1) is 12.1 Å². The molecule has 0 atom stereocenters. The molecule has 0 spiro atoms. The van der Waals surface area contributed by atoms with Gasteiger partial charge >= 0.3 is 0 Å². The third-order valence-corrected chi connectivity index (χ3v) is 3.32. The number of amides is 1. The Morgan fingerprint density at radius 1 is 1.44 bits per heavy atom. The summed E-state index contributed by atoms with van der Waals surface area (Å²) in [4.78, 5) is 13.5.